The first-order chi connectivity index (χ1) is 16.0. The van der Waals surface area contributed by atoms with Crippen molar-refractivity contribution in [1.82, 2.24) is 5.32 Å². The Morgan fingerprint density at radius 1 is 1.06 bits per heavy atom. The molecule has 4 rings (SSSR count). The fraction of sp³-hybridized carbons (Fsp3) is 0.185. The monoisotopic (exact) mass is 476 g/mol. The second kappa shape index (κ2) is 10.7. The van der Waals surface area contributed by atoms with Gasteiger partial charge in [0.2, 0.25) is 0 Å². The van der Waals surface area contributed by atoms with Gasteiger partial charge in [0.25, 0.3) is 11.8 Å². The van der Waals surface area contributed by atoms with Crippen molar-refractivity contribution in [3.8, 4) is 0 Å². The number of nitrogens with zero attached hydrogens (tertiary/aromatic N) is 1. The lowest BCUT2D eigenvalue weighted by atomic mass is 10.1. The molecule has 2 amide bonds. The topological polar surface area (TPSA) is 49.4 Å². The molecule has 0 bridgehead atoms. The standard InChI is InChI=1S/C27H25ClN2O2S/c1-2-3-15-29-26(31)21-13-11-19(12-14-21)17-25-27(32)30(18-20-7-6-8-22(28)16-20)23-9-4-5-10-24(23)33-25/h4-14,16-17H,2-3,15,18H2,1H3,(H,29,31). The van der Waals surface area contributed by atoms with Crippen LogP contribution in [0.4, 0.5) is 5.69 Å². The number of para-hydroxylation sites is 1. The highest BCUT2D eigenvalue weighted by molar-refractivity contribution is 8.04. The maximum Gasteiger partial charge on any atom is 0.265 e. The number of carbonyl (C=O) groups is 2. The van der Waals surface area contributed by atoms with Crippen molar-refractivity contribution in [3.63, 3.8) is 0 Å². The Balaban J connectivity index is 1.58. The Kier molecular flexibility index (Phi) is 7.53. The third-order valence-corrected chi connectivity index (χ3v) is 6.66. The average molecular weight is 477 g/mol. The molecular formula is C27H25ClN2O2S. The summed E-state index contributed by atoms with van der Waals surface area (Å²) in [7, 11) is 0. The van der Waals surface area contributed by atoms with E-state index in [1.807, 2.05) is 66.7 Å². The molecule has 0 atom stereocenters. The maximum absolute atomic E-state index is 13.4. The maximum atomic E-state index is 13.4. The molecule has 3 aromatic carbocycles. The number of fused-ring (bicyclic) bond motifs is 1. The lowest BCUT2D eigenvalue weighted by Crippen LogP contribution is -2.33. The minimum atomic E-state index is -0.0765. The van der Waals surface area contributed by atoms with Crippen molar-refractivity contribution >= 4 is 46.9 Å². The summed E-state index contributed by atoms with van der Waals surface area (Å²) in [5.74, 6) is -0.132. The van der Waals surface area contributed by atoms with Gasteiger partial charge in [0, 0.05) is 22.0 Å². The second-order valence-electron chi connectivity index (χ2n) is 7.83. The number of anilines is 1. The largest absolute Gasteiger partial charge is 0.352 e. The average Bonchev–Trinajstić information content (AvgIpc) is 2.82. The van der Waals surface area contributed by atoms with Crippen LogP contribution in [0.2, 0.25) is 5.02 Å². The smallest absolute Gasteiger partial charge is 0.265 e. The molecule has 1 N–H and O–H groups in total. The molecule has 1 aliphatic rings. The SMILES string of the molecule is CCCCNC(=O)c1ccc(C=C2Sc3ccccc3N(Cc3cccc(Cl)c3)C2=O)cc1. The number of hydrogen-bond acceptors (Lipinski definition) is 3. The Morgan fingerprint density at radius 3 is 2.61 bits per heavy atom. The minimum Gasteiger partial charge on any atom is -0.352 e. The van der Waals surface area contributed by atoms with Gasteiger partial charge in [0.05, 0.1) is 17.1 Å². The van der Waals surface area contributed by atoms with Crippen LogP contribution >= 0.6 is 23.4 Å². The zero-order chi connectivity index (χ0) is 23.2. The van der Waals surface area contributed by atoms with Crippen molar-refractivity contribution in [2.75, 3.05) is 11.4 Å². The van der Waals surface area contributed by atoms with E-state index in [-0.39, 0.29) is 11.8 Å². The lowest BCUT2D eigenvalue weighted by Gasteiger charge is -2.30. The first-order valence-corrected chi connectivity index (χ1v) is 12.2. The van der Waals surface area contributed by atoms with Crippen molar-refractivity contribution in [2.45, 2.75) is 31.2 Å². The van der Waals surface area contributed by atoms with Gasteiger partial charge in [-0.2, -0.15) is 0 Å². The predicted octanol–water partition coefficient (Wildman–Crippen LogP) is 6.55. The highest BCUT2D eigenvalue weighted by atomic mass is 35.5. The van der Waals surface area contributed by atoms with E-state index in [4.69, 9.17) is 11.6 Å². The van der Waals surface area contributed by atoms with Gasteiger partial charge in [0.15, 0.2) is 0 Å². The summed E-state index contributed by atoms with van der Waals surface area (Å²) in [6, 6.07) is 22.8. The van der Waals surface area contributed by atoms with E-state index in [1.54, 1.807) is 17.0 Å². The Bertz CT molecular complexity index is 1190. The summed E-state index contributed by atoms with van der Waals surface area (Å²) >= 11 is 7.62. The minimum absolute atomic E-state index is 0.0555. The Labute approximate surface area is 203 Å². The first kappa shape index (κ1) is 23.1. The number of halogens is 1. The van der Waals surface area contributed by atoms with Crippen molar-refractivity contribution in [2.24, 2.45) is 0 Å². The van der Waals surface area contributed by atoms with Crippen LogP contribution < -0.4 is 10.2 Å². The van der Waals surface area contributed by atoms with Crippen LogP contribution in [0.3, 0.4) is 0 Å². The molecule has 0 unspecified atom stereocenters. The normalized spacial score (nSPS) is 14.3. The summed E-state index contributed by atoms with van der Waals surface area (Å²) in [5.41, 5.74) is 3.35. The summed E-state index contributed by atoms with van der Waals surface area (Å²) in [5, 5.41) is 3.57. The van der Waals surface area contributed by atoms with Gasteiger partial charge in [-0.05, 0) is 60.0 Å². The molecule has 168 valence electrons. The van der Waals surface area contributed by atoms with Crippen LogP contribution in [0.1, 0.15) is 41.3 Å². The number of rotatable bonds is 7. The van der Waals surface area contributed by atoms with Crippen molar-refractivity contribution < 1.29 is 9.59 Å². The number of thioether (sulfide) groups is 1. The fourth-order valence-corrected chi connectivity index (χ4v) is 4.87. The molecule has 0 aromatic heterocycles. The first-order valence-electron chi connectivity index (χ1n) is 11.0. The van der Waals surface area contributed by atoms with Crippen LogP contribution in [0.5, 0.6) is 0 Å². The zero-order valence-electron chi connectivity index (χ0n) is 18.4. The number of benzene rings is 3. The fourth-order valence-electron chi connectivity index (χ4n) is 3.60. The summed E-state index contributed by atoms with van der Waals surface area (Å²) < 4.78 is 0. The van der Waals surface area contributed by atoms with Gasteiger partial charge >= 0.3 is 0 Å². The van der Waals surface area contributed by atoms with E-state index in [9.17, 15) is 9.59 Å². The molecule has 6 heteroatoms. The molecule has 0 saturated heterocycles. The van der Waals surface area contributed by atoms with Crippen LogP contribution in [0.25, 0.3) is 6.08 Å². The molecule has 0 spiro atoms. The number of carbonyl (C=O) groups excluding carboxylic acids is 2. The molecule has 0 aliphatic carbocycles. The Hall–Kier alpha value is -3.02. The van der Waals surface area contributed by atoms with E-state index < -0.39 is 0 Å². The van der Waals surface area contributed by atoms with E-state index in [2.05, 4.69) is 12.2 Å². The third kappa shape index (κ3) is 5.67. The van der Waals surface area contributed by atoms with Gasteiger partial charge in [-0.3, -0.25) is 9.59 Å². The zero-order valence-corrected chi connectivity index (χ0v) is 20.0. The van der Waals surface area contributed by atoms with E-state index in [0.29, 0.717) is 28.6 Å². The predicted molar refractivity (Wildman–Crippen MR) is 137 cm³/mol. The molecule has 3 aromatic rings. The van der Waals surface area contributed by atoms with Crippen LogP contribution in [0.15, 0.2) is 82.6 Å². The molecule has 1 aliphatic heterocycles. The van der Waals surface area contributed by atoms with Gasteiger partial charge in [-0.15, -0.1) is 0 Å². The van der Waals surface area contributed by atoms with Gasteiger partial charge in [-0.1, -0.05) is 73.1 Å². The summed E-state index contributed by atoms with van der Waals surface area (Å²) in [4.78, 5) is 29.1. The molecule has 0 fully saturated rings. The number of amides is 2. The highest BCUT2D eigenvalue weighted by Crippen LogP contribution is 2.42. The van der Waals surface area contributed by atoms with Crippen LogP contribution in [0, 0.1) is 0 Å². The second-order valence-corrected chi connectivity index (χ2v) is 9.35. The van der Waals surface area contributed by atoms with Crippen molar-refractivity contribution in [3.05, 3.63) is 99.4 Å². The summed E-state index contributed by atoms with van der Waals surface area (Å²) in [6.45, 7) is 3.20. The molecule has 1 heterocycles. The number of nitrogens with one attached hydrogen (secondary N) is 1. The van der Waals surface area contributed by atoms with E-state index in [0.717, 1.165) is 34.6 Å². The van der Waals surface area contributed by atoms with Gasteiger partial charge in [-0.25, -0.2) is 0 Å². The molecular weight excluding hydrogens is 452 g/mol. The quantitative estimate of drug-likeness (QED) is 0.310. The van der Waals surface area contributed by atoms with Crippen LogP contribution in [-0.4, -0.2) is 18.4 Å². The molecule has 0 radical (unpaired) electrons. The van der Waals surface area contributed by atoms with E-state index in [1.165, 1.54) is 11.8 Å². The van der Waals surface area contributed by atoms with Crippen molar-refractivity contribution in [1.29, 1.82) is 0 Å². The lowest BCUT2D eigenvalue weighted by molar-refractivity contribution is -0.114. The highest BCUT2D eigenvalue weighted by Gasteiger charge is 2.29. The molecule has 0 saturated carbocycles. The third-order valence-electron chi connectivity index (χ3n) is 5.35. The number of hydrogen-bond donors (Lipinski definition) is 1. The van der Waals surface area contributed by atoms with Gasteiger partial charge < -0.3 is 10.2 Å². The number of unbranched alkanes of at least 4 members (excludes halogenated alkanes) is 1. The van der Waals surface area contributed by atoms with E-state index >= 15 is 0 Å². The molecule has 4 nitrogen and oxygen atoms in total. The summed E-state index contributed by atoms with van der Waals surface area (Å²) in [6.07, 6.45) is 3.88. The van der Waals surface area contributed by atoms with Gasteiger partial charge in [0.1, 0.15) is 0 Å². The Morgan fingerprint density at radius 2 is 1.85 bits per heavy atom. The molecule has 33 heavy (non-hydrogen) atoms. The van der Waals surface area contributed by atoms with Crippen LogP contribution in [-0.2, 0) is 11.3 Å².